The molecule has 5 rings (SSSR count). The summed E-state index contributed by atoms with van der Waals surface area (Å²) in [6.45, 7) is 0.190. The molecule has 0 atom stereocenters. The summed E-state index contributed by atoms with van der Waals surface area (Å²) in [5.74, 6) is 0.289. The second-order valence-electron chi connectivity index (χ2n) is 10.7. The third-order valence-electron chi connectivity index (χ3n) is 7.46. The number of anilines is 1. The van der Waals surface area contributed by atoms with Gasteiger partial charge in [0.05, 0.1) is 36.3 Å². The Kier molecular flexibility index (Phi) is 9.31. The van der Waals surface area contributed by atoms with E-state index in [0.717, 1.165) is 23.3 Å². The van der Waals surface area contributed by atoms with Gasteiger partial charge in [0.2, 0.25) is 5.88 Å². The maximum Gasteiger partial charge on any atom is 0.416 e. The van der Waals surface area contributed by atoms with Crippen LogP contribution in [0.1, 0.15) is 24.2 Å². The Bertz CT molecular complexity index is 2040. The largest absolute Gasteiger partial charge is 0.439 e. The van der Waals surface area contributed by atoms with E-state index in [0.29, 0.717) is 28.7 Å². The molecule has 244 valence electrons. The zero-order chi connectivity index (χ0) is 33.3. The number of hydrogen-bond acceptors (Lipinski definition) is 6. The van der Waals surface area contributed by atoms with Gasteiger partial charge in [-0.1, -0.05) is 36.4 Å². The topological polar surface area (TPSA) is 130 Å². The molecule has 0 aliphatic carbocycles. The maximum atomic E-state index is 13.5. The molecule has 10 nitrogen and oxygen atoms in total. The van der Waals surface area contributed by atoms with E-state index in [1.165, 1.54) is 6.07 Å². The minimum atomic E-state index is -4.59. The minimum Gasteiger partial charge on any atom is -0.439 e. The molecule has 15 heteroatoms. The van der Waals surface area contributed by atoms with Crippen LogP contribution in [0.4, 0.5) is 18.9 Å². The second-order valence-corrected chi connectivity index (χ2v) is 13.9. The molecule has 1 aliphatic heterocycles. The Hall–Kier alpha value is -4.18. The number of fused-ring (bicyclic) bond motifs is 2. The van der Waals surface area contributed by atoms with Crippen LogP contribution >= 0.6 is 0 Å². The molecule has 2 heterocycles. The zero-order valence-corrected chi connectivity index (χ0v) is 26.2. The van der Waals surface area contributed by atoms with E-state index in [9.17, 15) is 39.1 Å². The third kappa shape index (κ3) is 7.78. The standard InChI is InChI=1S/C31H30F3N3O7S2/c1-35-25-14-13-24(31(32,33)34)21-26(25)36(16-6-18-45(38,39)40)29(35)10-5-11-30-37(17-7-19-46(41,42)43)27-20-23(12-15-28(27)44-30)22-8-3-2-4-9-22/h2-5,8-15,20-21H,6-7,16-19H2,1H3,(H-,38,39,40,41,42,43)/p+1. The van der Waals surface area contributed by atoms with E-state index < -0.39 is 43.5 Å². The Morgan fingerprint density at radius 3 is 2.20 bits per heavy atom. The van der Waals surface area contributed by atoms with Gasteiger partial charge in [-0.3, -0.25) is 9.11 Å². The summed E-state index contributed by atoms with van der Waals surface area (Å²) < 4.78 is 114. The monoisotopic (exact) mass is 678 g/mol. The summed E-state index contributed by atoms with van der Waals surface area (Å²) in [6, 6.07) is 18.5. The Labute approximate surface area is 264 Å². The molecule has 0 saturated heterocycles. The van der Waals surface area contributed by atoms with E-state index in [4.69, 9.17) is 4.74 Å². The number of ether oxygens (including phenoxy) is 1. The molecule has 1 aliphatic rings. The molecule has 3 aromatic carbocycles. The van der Waals surface area contributed by atoms with Gasteiger partial charge in [0, 0.05) is 25.1 Å². The van der Waals surface area contributed by atoms with Crippen LogP contribution in [-0.4, -0.2) is 48.6 Å². The van der Waals surface area contributed by atoms with Crippen molar-refractivity contribution in [3.8, 4) is 16.9 Å². The van der Waals surface area contributed by atoms with Crippen LogP contribution < -0.4 is 14.2 Å². The van der Waals surface area contributed by atoms with Crippen molar-refractivity contribution in [2.45, 2.75) is 25.6 Å². The van der Waals surface area contributed by atoms with E-state index in [1.54, 1.807) is 45.4 Å². The van der Waals surface area contributed by atoms with Gasteiger partial charge >= 0.3 is 6.18 Å². The predicted octanol–water partition coefficient (Wildman–Crippen LogP) is 5.46. The van der Waals surface area contributed by atoms with Gasteiger partial charge in [0.1, 0.15) is 0 Å². The molecule has 0 saturated carbocycles. The van der Waals surface area contributed by atoms with Crippen molar-refractivity contribution >= 4 is 43.0 Å². The molecule has 0 bridgehead atoms. The lowest BCUT2D eigenvalue weighted by Gasteiger charge is -2.18. The molecule has 0 spiro atoms. The summed E-state index contributed by atoms with van der Waals surface area (Å²) in [6.07, 6.45) is 0.321. The minimum absolute atomic E-state index is 0.000643. The van der Waals surface area contributed by atoms with Gasteiger partial charge in [-0.05, 0) is 54.0 Å². The van der Waals surface area contributed by atoms with E-state index in [-0.39, 0.29) is 31.4 Å². The van der Waals surface area contributed by atoms with Crippen molar-refractivity contribution < 1.29 is 48.4 Å². The van der Waals surface area contributed by atoms with Gasteiger partial charge in [0.25, 0.3) is 26.1 Å². The number of allylic oxidation sites excluding steroid dienone is 2. The summed E-state index contributed by atoms with van der Waals surface area (Å²) in [5, 5.41) is 0. The molecule has 0 fully saturated rings. The Morgan fingerprint density at radius 2 is 1.54 bits per heavy atom. The third-order valence-corrected chi connectivity index (χ3v) is 9.07. The summed E-state index contributed by atoms with van der Waals surface area (Å²) in [4.78, 5) is 1.77. The highest BCUT2D eigenvalue weighted by Crippen LogP contribution is 2.42. The van der Waals surface area contributed by atoms with Crippen LogP contribution in [-0.2, 0) is 40.0 Å². The van der Waals surface area contributed by atoms with E-state index >= 15 is 0 Å². The SMILES string of the molecule is C[n+]1c(/C=C/C=C2Oc3ccc(-c4ccccc4)cc3N2CCCS(=O)(=O)O)n(CCCS(=O)(=O)O)c2cc(C(F)(F)F)ccc21. The van der Waals surface area contributed by atoms with Crippen LogP contribution in [0.25, 0.3) is 28.2 Å². The molecule has 0 radical (unpaired) electrons. The molecule has 0 amide bonds. The highest BCUT2D eigenvalue weighted by atomic mass is 32.2. The van der Waals surface area contributed by atoms with Crippen molar-refractivity contribution in [1.82, 2.24) is 4.57 Å². The van der Waals surface area contributed by atoms with Crippen molar-refractivity contribution in [3.63, 3.8) is 0 Å². The van der Waals surface area contributed by atoms with E-state index in [1.807, 2.05) is 42.5 Å². The lowest BCUT2D eigenvalue weighted by molar-refractivity contribution is -0.647. The molecule has 2 N–H and O–H groups in total. The van der Waals surface area contributed by atoms with Crippen molar-refractivity contribution in [1.29, 1.82) is 0 Å². The molecule has 46 heavy (non-hydrogen) atoms. The smallest absolute Gasteiger partial charge is 0.416 e. The number of imidazole rings is 1. The zero-order valence-electron chi connectivity index (χ0n) is 24.6. The first-order valence-electron chi connectivity index (χ1n) is 14.1. The highest BCUT2D eigenvalue weighted by molar-refractivity contribution is 7.86. The number of alkyl halides is 3. The number of rotatable bonds is 11. The van der Waals surface area contributed by atoms with Gasteiger partial charge in [-0.25, -0.2) is 9.13 Å². The number of aromatic nitrogens is 2. The van der Waals surface area contributed by atoms with Crippen LogP contribution in [0.2, 0.25) is 0 Å². The molecule has 1 aromatic heterocycles. The van der Waals surface area contributed by atoms with Gasteiger partial charge in [0.15, 0.2) is 16.8 Å². The van der Waals surface area contributed by atoms with Crippen molar-refractivity contribution in [3.05, 3.63) is 96.2 Å². The Balaban J connectivity index is 1.51. The molecular formula is C31H31F3N3O7S2+. The first kappa shape index (κ1) is 33.2. The van der Waals surface area contributed by atoms with Gasteiger partial charge < -0.3 is 9.64 Å². The van der Waals surface area contributed by atoms with Crippen LogP contribution in [0.3, 0.4) is 0 Å². The fraction of sp³-hybridized carbons (Fsp3) is 0.258. The second kappa shape index (κ2) is 12.9. The first-order chi connectivity index (χ1) is 21.6. The highest BCUT2D eigenvalue weighted by Gasteiger charge is 2.33. The van der Waals surface area contributed by atoms with Gasteiger partial charge in [-0.2, -0.15) is 30.0 Å². The number of aryl methyl sites for hydroxylation is 2. The van der Waals surface area contributed by atoms with Gasteiger partial charge in [-0.15, -0.1) is 0 Å². The number of benzene rings is 3. The van der Waals surface area contributed by atoms with E-state index in [2.05, 4.69) is 0 Å². The van der Waals surface area contributed by atoms with Crippen LogP contribution in [0.5, 0.6) is 5.75 Å². The Morgan fingerprint density at radius 1 is 0.870 bits per heavy atom. The quantitative estimate of drug-likeness (QED) is 0.158. The normalized spacial score (nSPS) is 14.8. The van der Waals surface area contributed by atoms with Crippen molar-refractivity contribution in [2.75, 3.05) is 23.0 Å². The lowest BCUT2D eigenvalue weighted by Crippen LogP contribution is -2.31. The predicted molar refractivity (Wildman–Crippen MR) is 167 cm³/mol. The van der Waals surface area contributed by atoms with Crippen LogP contribution in [0, 0.1) is 0 Å². The molecular weight excluding hydrogens is 647 g/mol. The number of nitrogens with zero attached hydrogens (tertiary/aromatic N) is 3. The fourth-order valence-electron chi connectivity index (χ4n) is 5.36. The van der Waals surface area contributed by atoms with Crippen molar-refractivity contribution in [2.24, 2.45) is 7.05 Å². The fourth-order valence-corrected chi connectivity index (χ4v) is 6.34. The average Bonchev–Trinajstić information content (AvgIpc) is 3.45. The average molecular weight is 679 g/mol. The summed E-state index contributed by atoms with van der Waals surface area (Å²) in [7, 11) is -6.82. The summed E-state index contributed by atoms with van der Waals surface area (Å²) >= 11 is 0. The number of halogens is 3. The number of hydrogen-bond donors (Lipinski definition) is 2. The van der Waals surface area contributed by atoms with Crippen LogP contribution in [0.15, 0.2) is 84.8 Å². The summed E-state index contributed by atoms with van der Waals surface area (Å²) in [5.41, 5.74) is 2.38. The lowest BCUT2D eigenvalue weighted by atomic mass is 10.0. The maximum absolute atomic E-state index is 13.5. The molecule has 0 unspecified atom stereocenters. The first-order valence-corrected chi connectivity index (χ1v) is 17.4. The molecule has 4 aromatic rings.